The highest BCUT2D eigenvalue weighted by Crippen LogP contribution is 2.46. The first-order valence-corrected chi connectivity index (χ1v) is 8.92. The fraction of sp³-hybridized carbons (Fsp3) is 0.600. The average molecular weight is 346 g/mol. The van der Waals surface area contributed by atoms with E-state index in [-0.39, 0.29) is 30.8 Å². The third-order valence-corrected chi connectivity index (χ3v) is 5.53. The third-order valence-electron chi connectivity index (χ3n) is 5.53. The van der Waals surface area contributed by atoms with Crippen LogP contribution in [0, 0.1) is 0 Å². The van der Waals surface area contributed by atoms with E-state index >= 15 is 0 Å². The Morgan fingerprint density at radius 2 is 2.16 bits per heavy atom. The molecule has 3 aliphatic rings. The van der Waals surface area contributed by atoms with E-state index in [0.29, 0.717) is 17.6 Å². The first-order valence-electron chi connectivity index (χ1n) is 8.92. The molecule has 0 aromatic carbocycles. The quantitative estimate of drug-likeness (QED) is 0.339. The number of carbonyl (C=O) groups excluding carboxylic acids is 2. The molecule has 5 heteroatoms. The van der Waals surface area contributed by atoms with Gasteiger partial charge in [-0.2, -0.15) is 0 Å². The summed E-state index contributed by atoms with van der Waals surface area (Å²) in [4.78, 5) is 23.9. The molecule has 0 radical (unpaired) electrons. The van der Waals surface area contributed by atoms with E-state index in [4.69, 9.17) is 14.2 Å². The second kappa shape index (κ2) is 6.79. The smallest absolute Gasteiger partial charge is 0.334 e. The van der Waals surface area contributed by atoms with Crippen LogP contribution in [0.3, 0.4) is 0 Å². The van der Waals surface area contributed by atoms with Crippen LogP contribution < -0.4 is 0 Å². The molecule has 0 unspecified atom stereocenters. The molecule has 0 amide bonds. The lowest BCUT2D eigenvalue weighted by Crippen LogP contribution is -2.26. The van der Waals surface area contributed by atoms with Crippen LogP contribution in [0.25, 0.3) is 0 Å². The van der Waals surface area contributed by atoms with Crippen LogP contribution in [0.1, 0.15) is 53.4 Å². The van der Waals surface area contributed by atoms with E-state index in [9.17, 15) is 9.59 Å². The second-order valence-corrected chi connectivity index (χ2v) is 7.25. The monoisotopic (exact) mass is 346 g/mol. The maximum Gasteiger partial charge on any atom is 0.334 e. The molecule has 0 aromatic rings. The van der Waals surface area contributed by atoms with Gasteiger partial charge in [-0.15, -0.1) is 0 Å². The summed E-state index contributed by atoms with van der Waals surface area (Å²) < 4.78 is 16.9. The maximum absolute atomic E-state index is 12.0. The Kier molecular flexibility index (Phi) is 4.87. The van der Waals surface area contributed by atoms with Gasteiger partial charge in [0.05, 0.1) is 6.10 Å². The number of hydrogen-bond donors (Lipinski definition) is 0. The number of allylic oxidation sites excluding steroid dienone is 2. The molecule has 0 aromatic heterocycles. The van der Waals surface area contributed by atoms with Crippen molar-refractivity contribution in [1.82, 2.24) is 0 Å². The van der Waals surface area contributed by atoms with E-state index in [2.05, 4.69) is 13.0 Å². The number of hydrogen-bond acceptors (Lipinski definition) is 5. The Labute approximate surface area is 148 Å². The van der Waals surface area contributed by atoms with Crippen LogP contribution in [0.2, 0.25) is 0 Å². The van der Waals surface area contributed by atoms with Gasteiger partial charge in [-0.05, 0) is 65.0 Å². The standard InChI is InChI=1S/C20H26O5/c1-5-13(3)18(21)23-11-20-9-8-15-14(4)19(22)24-16(15)10-12(2)6-7-17(20)25-20/h5,10,16-17H,6-9,11H2,1-4H3/b12-10+,13-5-/t16-,17+,20-/m1/s1. The Morgan fingerprint density at radius 3 is 2.88 bits per heavy atom. The van der Waals surface area contributed by atoms with Gasteiger partial charge in [0, 0.05) is 11.1 Å². The molecule has 2 aliphatic heterocycles. The number of rotatable bonds is 3. The van der Waals surface area contributed by atoms with Crippen molar-refractivity contribution in [2.45, 2.75) is 71.2 Å². The summed E-state index contributed by atoms with van der Waals surface area (Å²) in [5.41, 5.74) is 3.09. The van der Waals surface area contributed by atoms with Crippen LogP contribution in [0.4, 0.5) is 0 Å². The van der Waals surface area contributed by atoms with Gasteiger partial charge in [0.25, 0.3) is 0 Å². The van der Waals surface area contributed by atoms with Crippen molar-refractivity contribution in [3.63, 3.8) is 0 Å². The van der Waals surface area contributed by atoms with Crippen LogP contribution in [0.5, 0.6) is 0 Å². The molecule has 0 N–H and O–H groups in total. The van der Waals surface area contributed by atoms with Gasteiger partial charge in [0.2, 0.25) is 0 Å². The van der Waals surface area contributed by atoms with Gasteiger partial charge in [0.1, 0.15) is 18.3 Å². The number of carbonyl (C=O) groups is 2. The zero-order valence-corrected chi connectivity index (χ0v) is 15.4. The molecule has 2 heterocycles. The molecule has 0 spiro atoms. The van der Waals surface area contributed by atoms with Gasteiger partial charge in [-0.3, -0.25) is 0 Å². The molecule has 0 bridgehead atoms. The van der Waals surface area contributed by atoms with Gasteiger partial charge < -0.3 is 14.2 Å². The van der Waals surface area contributed by atoms with Crippen molar-refractivity contribution < 1.29 is 23.8 Å². The molecule has 5 nitrogen and oxygen atoms in total. The largest absolute Gasteiger partial charge is 0.459 e. The Bertz CT molecular complexity index is 684. The minimum absolute atomic E-state index is 0.102. The fourth-order valence-electron chi connectivity index (χ4n) is 3.54. The Balaban J connectivity index is 1.75. The minimum atomic E-state index is -0.426. The molecule has 25 heavy (non-hydrogen) atoms. The highest BCUT2D eigenvalue weighted by atomic mass is 16.6. The predicted molar refractivity (Wildman–Crippen MR) is 92.8 cm³/mol. The van der Waals surface area contributed by atoms with Crippen LogP contribution in [-0.4, -0.2) is 36.4 Å². The lowest BCUT2D eigenvalue weighted by Gasteiger charge is -2.18. The van der Waals surface area contributed by atoms with Crippen molar-refractivity contribution in [3.8, 4) is 0 Å². The highest BCUT2D eigenvalue weighted by molar-refractivity contribution is 5.92. The van der Waals surface area contributed by atoms with E-state index in [1.165, 1.54) is 5.57 Å². The molecule has 1 fully saturated rings. The third kappa shape index (κ3) is 3.56. The lowest BCUT2D eigenvalue weighted by molar-refractivity contribution is -0.141. The number of epoxide rings is 1. The topological polar surface area (TPSA) is 65.1 Å². The number of fused-ring (bicyclic) bond motifs is 2. The van der Waals surface area contributed by atoms with Crippen LogP contribution in [0.15, 0.2) is 34.4 Å². The van der Waals surface area contributed by atoms with Gasteiger partial charge in [-0.1, -0.05) is 11.6 Å². The zero-order chi connectivity index (χ0) is 18.2. The van der Waals surface area contributed by atoms with Gasteiger partial charge in [-0.25, -0.2) is 9.59 Å². The minimum Gasteiger partial charge on any atom is -0.459 e. The van der Waals surface area contributed by atoms with Gasteiger partial charge in [0.15, 0.2) is 0 Å². The summed E-state index contributed by atoms with van der Waals surface area (Å²) in [7, 11) is 0. The SMILES string of the molecule is C/C=C(/C)C(=O)OC[C@]12CCC3=C(C)C(=O)O[C@@H]3/C=C(\C)CC[C@@H]1O2. The normalized spacial score (nSPS) is 34.5. The molecule has 1 aliphatic carbocycles. The van der Waals surface area contributed by atoms with Crippen LogP contribution in [-0.2, 0) is 23.8 Å². The van der Waals surface area contributed by atoms with Crippen molar-refractivity contribution in [2.75, 3.05) is 6.61 Å². The zero-order valence-electron chi connectivity index (χ0n) is 15.4. The van der Waals surface area contributed by atoms with Gasteiger partial charge >= 0.3 is 11.9 Å². The van der Waals surface area contributed by atoms with Crippen molar-refractivity contribution >= 4 is 11.9 Å². The first kappa shape index (κ1) is 17.9. The summed E-state index contributed by atoms with van der Waals surface area (Å²) in [6.07, 6.45) is 6.85. The van der Waals surface area contributed by atoms with E-state index in [0.717, 1.165) is 24.8 Å². The first-order chi connectivity index (χ1) is 11.9. The number of ether oxygens (including phenoxy) is 3. The summed E-state index contributed by atoms with van der Waals surface area (Å²) >= 11 is 0. The molecule has 3 atom stereocenters. The fourth-order valence-corrected chi connectivity index (χ4v) is 3.54. The van der Waals surface area contributed by atoms with E-state index in [1.807, 2.05) is 13.8 Å². The maximum atomic E-state index is 12.0. The molecular weight excluding hydrogens is 320 g/mol. The molecule has 136 valence electrons. The number of esters is 2. The summed E-state index contributed by atoms with van der Waals surface area (Å²) in [5, 5.41) is 0. The summed E-state index contributed by atoms with van der Waals surface area (Å²) in [6.45, 7) is 7.69. The molecule has 3 rings (SSSR count). The Morgan fingerprint density at radius 1 is 1.40 bits per heavy atom. The predicted octanol–water partition coefficient (Wildman–Crippen LogP) is 3.40. The summed E-state index contributed by atoms with van der Waals surface area (Å²) in [6, 6.07) is 0. The van der Waals surface area contributed by atoms with Crippen molar-refractivity contribution in [1.29, 1.82) is 0 Å². The lowest BCUT2D eigenvalue weighted by atomic mass is 9.89. The molecule has 0 saturated carbocycles. The van der Waals surface area contributed by atoms with E-state index in [1.54, 1.807) is 13.0 Å². The average Bonchev–Trinajstić information content (AvgIpc) is 3.22. The van der Waals surface area contributed by atoms with Crippen molar-refractivity contribution in [2.24, 2.45) is 0 Å². The Hall–Kier alpha value is -1.88. The summed E-state index contributed by atoms with van der Waals surface area (Å²) in [5.74, 6) is -0.535. The highest BCUT2D eigenvalue weighted by Gasteiger charge is 2.57. The van der Waals surface area contributed by atoms with Crippen LogP contribution >= 0.6 is 0 Å². The molecular formula is C20H26O5. The molecule has 1 saturated heterocycles. The second-order valence-electron chi connectivity index (χ2n) is 7.25. The van der Waals surface area contributed by atoms with E-state index < -0.39 is 5.60 Å². The van der Waals surface area contributed by atoms with Crippen molar-refractivity contribution in [3.05, 3.63) is 34.4 Å².